The molecule has 0 aromatic carbocycles. The molecule has 1 saturated heterocycles. The Bertz CT molecular complexity index is 128. The van der Waals surface area contributed by atoms with Gasteiger partial charge in [-0.2, -0.15) is 5.06 Å². The summed E-state index contributed by atoms with van der Waals surface area (Å²) in [5, 5.41) is 10.5. The lowest BCUT2D eigenvalue weighted by molar-refractivity contribution is -0.0176. The predicted octanol–water partition coefficient (Wildman–Crippen LogP) is 1.81. The number of hydrogen-bond acceptors (Lipinski definition) is 3. The summed E-state index contributed by atoms with van der Waals surface area (Å²) in [6.45, 7) is 1.77. The largest absolute Gasteiger partial charge is 0.516 e. The van der Waals surface area contributed by atoms with E-state index in [0.29, 0.717) is 0 Å². The van der Waals surface area contributed by atoms with Gasteiger partial charge in [0, 0.05) is 13.1 Å². The third kappa shape index (κ3) is 2.10. The normalized spacial score (nSPS) is 21.1. The van der Waals surface area contributed by atoms with Crippen LogP contribution in [-0.4, -0.2) is 23.3 Å². The van der Waals surface area contributed by atoms with Crippen LogP contribution in [0, 0.1) is 0 Å². The highest BCUT2D eigenvalue weighted by atomic mass is 127. The molecule has 0 bridgehead atoms. The number of halogens is 1. The SMILES string of the molecule is OC=C1CCN(OI)CC1. The Kier molecular flexibility index (Phi) is 3.44. The molecule has 3 nitrogen and oxygen atoms in total. The topological polar surface area (TPSA) is 32.7 Å². The molecule has 1 rings (SSSR count). The first-order chi connectivity index (χ1) is 4.86. The van der Waals surface area contributed by atoms with Crippen LogP contribution in [0.25, 0.3) is 0 Å². The smallest absolute Gasteiger partial charge is 0.137 e. The predicted molar refractivity (Wildman–Crippen MR) is 46.6 cm³/mol. The van der Waals surface area contributed by atoms with E-state index in [9.17, 15) is 0 Å². The van der Waals surface area contributed by atoms with Crippen molar-refractivity contribution < 1.29 is 8.27 Å². The van der Waals surface area contributed by atoms with Crippen molar-refractivity contribution in [2.45, 2.75) is 12.8 Å². The van der Waals surface area contributed by atoms with Crippen LogP contribution in [-0.2, 0) is 3.17 Å². The Morgan fingerprint density at radius 1 is 1.50 bits per heavy atom. The van der Waals surface area contributed by atoms with Gasteiger partial charge in [0.05, 0.1) is 6.26 Å². The molecule has 10 heavy (non-hydrogen) atoms. The van der Waals surface area contributed by atoms with Gasteiger partial charge < -0.3 is 5.11 Å². The molecule has 0 amide bonds. The Morgan fingerprint density at radius 2 is 2.10 bits per heavy atom. The van der Waals surface area contributed by atoms with E-state index in [1.807, 2.05) is 28.1 Å². The third-order valence-electron chi connectivity index (χ3n) is 1.64. The van der Waals surface area contributed by atoms with Gasteiger partial charge >= 0.3 is 0 Å². The quantitative estimate of drug-likeness (QED) is 0.573. The summed E-state index contributed by atoms with van der Waals surface area (Å²) in [4.78, 5) is 0. The standard InChI is InChI=1S/C6H10INO2/c7-10-8-3-1-6(5-9)2-4-8/h5,9H,1-4H2. The lowest BCUT2D eigenvalue weighted by atomic mass is 10.1. The number of piperidine rings is 1. The van der Waals surface area contributed by atoms with Crippen LogP contribution >= 0.6 is 23.0 Å². The highest BCUT2D eigenvalue weighted by molar-refractivity contribution is 14.1. The van der Waals surface area contributed by atoms with Crippen LogP contribution in [0.5, 0.6) is 0 Å². The van der Waals surface area contributed by atoms with Gasteiger partial charge in [-0.1, -0.05) is 0 Å². The zero-order valence-electron chi connectivity index (χ0n) is 5.59. The minimum Gasteiger partial charge on any atom is -0.516 e. The summed E-state index contributed by atoms with van der Waals surface area (Å²) < 4.78 is 4.98. The van der Waals surface area contributed by atoms with Crippen molar-refractivity contribution in [3.05, 3.63) is 11.8 Å². The van der Waals surface area contributed by atoms with Crippen LogP contribution in [0.1, 0.15) is 12.8 Å². The van der Waals surface area contributed by atoms with E-state index in [0.717, 1.165) is 31.5 Å². The second-order valence-electron chi connectivity index (χ2n) is 2.29. The highest BCUT2D eigenvalue weighted by Crippen LogP contribution is 2.16. The molecule has 0 aliphatic carbocycles. The number of nitrogens with zero attached hydrogens (tertiary/aromatic N) is 1. The number of rotatable bonds is 1. The Balaban J connectivity index is 2.31. The zero-order valence-corrected chi connectivity index (χ0v) is 7.74. The van der Waals surface area contributed by atoms with E-state index in [2.05, 4.69) is 0 Å². The zero-order chi connectivity index (χ0) is 7.40. The first-order valence-electron chi connectivity index (χ1n) is 3.22. The molecule has 1 aliphatic heterocycles. The van der Waals surface area contributed by atoms with Crippen molar-refractivity contribution in [2.75, 3.05) is 13.1 Å². The van der Waals surface area contributed by atoms with Crippen LogP contribution in [0.2, 0.25) is 0 Å². The Morgan fingerprint density at radius 3 is 2.50 bits per heavy atom. The summed E-state index contributed by atoms with van der Waals surface area (Å²) in [5.41, 5.74) is 1.12. The van der Waals surface area contributed by atoms with Gasteiger partial charge in [-0.3, -0.25) is 0 Å². The summed E-state index contributed by atoms with van der Waals surface area (Å²) >= 11 is 1.87. The van der Waals surface area contributed by atoms with Crippen molar-refractivity contribution >= 4 is 23.0 Å². The molecule has 0 unspecified atom stereocenters. The minimum absolute atomic E-state index is 0.884. The number of aliphatic hydroxyl groups is 1. The molecule has 0 aromatic rings. The van der Waals surface area contributed by atoms with E-state index in [-0.39, 0.29) is 0 Å². The molecule has 1 N–H and O–H groups in total. The molecule has 1 fully saturated rings. The monoisotopic (exact) mass is 255 g/mol. The minimum atomic E-state index is 0.884. The average Bonchev–Trinajstić information content (AvgIpc) is 2.05. The third-order valence-corrected chi connectivity index (χ3v) is 2.20. The molecule has 0 saturated carbocycles. The van der Waals surface area contributed by atoms with E-state index in [1.165, 1.54) is 6.26 Å². The second kappa shape index (κ2) is 4.15. The summed E-state index contributed by atoms with van der Waals surface area (Å²) in [7, 11) is 0. The lowest BCUT2D eigenvalue weighted by Gasteiger charge is -2.23. The van der Waals surface area contributed by atoms with E-state index in [4.69, 9.17) is 8.27 Å². The van der Waals surface area contributed by atoms with Crippen molar-refractivity contribution in [3.8, 4) is 0 Å². The first-order valence-corrected chi connectivity index (χ1v) is 4.10. The van der Waals surface area contributed by atoms with Crippen LogP contribution < -0.4 is 0 Å². The lowest BCUT2D eigenvalue weighted by Crippen LogP contribution is -2.27. The van der Waals surface area contributed by atoms with Gasteiger partial charge in [-0.05, 0) is 18.4 Å². The summed E-state index contributed by atoms with van der Waals surface area (Å²) in [5.74, 6) is 0. The molecule has 1 aliphatic rings. The van der Waals surface area contributed by atoms with Crippen LogP contribution in [0.4, 0.5) is 0 Å². The molecule has 4 heteroatoms. The fourth-order valence-corrected chi connectivity index (χ4v) is 1.37. The van der Waals surface area contributed by atoms with Gasteiger partial charge in [-0.15, -0.1) is 0 Å². The van der Waals surface area contributed by atoms with Crippen molar-refractivity contribution in [1.29, 1.82) is 0 Å². The van der Waals surface area contributed by atoms with E-state index in [1.54, 1.807) is 0 Å². The van der Waals surface area contributed by atoms with Crippen molar-refractivity contribution in [1.82, 2.24) is 5.06 Å². The molecular weight excluding hydrogens is 245 g/mol. The van der Waals surface area contributed by atoms with Gasteiger partial charge in [0.1, 0.15) is 23.0 Å². The Labute approximate surface area is 74.3 Å². The van der Waals surface area contributed by atoms with E-state index >= 15 is 0 Å². The summed E-state index contributed by atoms with van der Waals surface area (Å²) in [6, 6.07) is 0. The maximum absolute atomic E-state index is 8.63. The average molecular weight is 255 g/mol. The van der Waals surface area contributed by atoms with Gasteiger partial charge in [0.2, 0.25) is 0 Å². The molecule has 0 atom stereocenters. The maximum atomic E-state index is 8.63. The number of hydroxylamine groups is 2. The van der Waals surface area contributed by atoms with Gasteiger partial charge in [0.25, 0.3) is 0 Å². The molecule has 1 heterocycles. The molecular formula is C6H10INO2. The van der Waals surface area contributed by atoms with Crippen LogP contribution in [0.15, 0.2) is 11.8 Å². The molecule has 58 valence electrons. The molecule has 0 spiro atoms. The fraction of sp³-hybridized carbons (Fsp3) is 0.667. The first kappa shape index (κ1) is 8.29. The number of aliphatic hydroxyl groups excluding tert-OH is 1. The molecule has 0 radical (unpaired) electrons. The van der Waals surface area contributed by atoms with Gasteiger partial charge in [0.15, 0.2) is 0 Å². The van der Waals surface area contributed by atoms with Crippen molar-refractivity contribution in [3.63, 3.8) is 0 Å². The van der Waals surface area contributed by atoms with Crippen LogP contribution in [0.3, 0.4) is 0 Å². The maximum Gasteiger partial charge on any atom is 0.137 e. The Hall–Kier alpha value is 0.190. The number of hydrogen-bond donors (Lipinski definition) is 1. The summed E-state index contributed by atoms with van der Waals surface area (Å²) in [6.07, 6.45) is 3.05. The second-order valence-corrected chi connectivity index (χ2v) is 2.68. The fourth-order valence-electron chi connectivity index (χ4n) is 0.972. The molecule has 0 aromatic heterocycles. The van der Waals surface area contributed by atoms with Crippen molar-refractivity contribution in [2.24, 2.45) is 0 Å². The van der Waals surface area contributed by atoms with E-state index < -0.39 is 0 Å². The van der Waals surface area contributed by atoms with Gasteiger partial charge in [-0.25, -0.2) is 3.17 Å². The highest BCUT2D eigenvalue weighted by Gasteiger charge is 2.12.